The minimum atomic E-state index is -6.59. The highest BCUT2D eigenvalue weighted by Crippen LogP contribution is 2.46. The number of rotatable bonds is 4. The molecule has 0 N–H and O–H groups in total. The van der Waals surface area contributed by atoms with Crippen LogP contribution in [0.4, 0.5) is 52.7 Å². The summed E-state index contributed by atoms with van der Waals surface area (Å²) in [5.74, 6) is 0. The Morgan fingerprint density at radius 2 is 0.737 bits per heavy atom. The van der Waals surface area contributed by atoms with Gasteiger partial charge >= 0.3 is 12.4 Å². The zero-order chi connectivity index (χ0) is 15.9. The summed E-state index contributed by atoms with van der Waals surface area (Å²) in [6, 6.07) is 0. The molecule has 0 aromatic heterocycles. The second-order valence-electron chi connectivity index (χ2n) is 3.50. The van der Waals surface area contributed by atoms with E-state index in [2.05, 4.69) is 0 Å². The monoisotopic (exact) mass is 332 g/mol. The summed E-state index contributed by atoms with van der Waals surface area (Å²) in [6.45, 7) is 0. The van der Waals surface area contributed by atoms with E-state index >= 15 is 0 Å². The van der Waals surface area contributed by atoms with Crippen LogP contribution in [0.15, 0.2) is 0 Å². The summed E-state index contributed by atoms with van der Waals surface area (Å²) in [6.07, 6.45) is -23.4. The molecule has 0 saturated carbocycles. The van der Waals surface area contributed by atoms with Gasteiger partial charge in [0.1, 0.15) is 0 Å². The summed E-state index contributed by atoms with van der Waals surface area (Å²) in [5, 5.41) is -11.8. The molecule has 0 fully saturated rings. The molecule has 116 valence electrons. The molecule has 0 aliphatic rings. The van der Waals surface area contributed by atoms with Crippen LogP contribution in [0.5, 0.6) is 0 Å². The Morgan fingerprint density at radius 1 is 0.526 bits per heavy atom. The molecule has 0 bridgehead atoms. The lowest BCUT2D eigenvalue weighted by molar-refractivity contribution is -0.255. The molecule has 0 aromatic rings. The maximum absolute atomic E-state index is 12.9. The molecule has 0 aliphatic heterocycles. The average Bonchev–Trinajstić information content (AvgIpc) is 2.12. The highest BCUT2D eigenvalue weighted by atomic mass is 28.2. The van der Waals surface area contributed by atoms with Crippen molar-refractivity contribution >= 4 is 9.52 Å². The van der Waals surface area contributed by atoms with Crippen molar-refractivity contribution in [1.82, 2.24) is 0 Å². The first kappa shape index (κ1) is 18.4. The van der Waals surface area contributed by atoms with Gasteiger partial charge in [-0.2, -0.15) is 26.3 Å². The van der Waals surface area contributed by atoms with Crippen molar-refractivity contribution in [1.29, 1.82) is 0 Å². The van der Waals surface area contributed by atoms with Gasteiger partial charge in [0.2, 0.25) is 10.6 Å². The van der Waals surface area contributed by atoms with Crippen LogP contribution in [0, 0.1) is 0 Å². The Bertz CT molecular complexity index is 276. The van der Waals surface area contributed by atoms with Crippen molar-refractivity contribution in [2.75, 3.05) is 0 Å². The van der Waals surface area contributed by atoms with Crippen LogP contribution in [0.2, 0.25) is 0 Å². The summed E-state index contributed by atoms with van der Waals surface area (Å²) in [7, 11) is -5.34. The molecule has 0 aromatic carbocycles. The summed E-state index contributed by atoms with van der Waals surface area (Å²) >= 11 is 0. The average molecular weight is 332 g/mol. The second kappa shape index (κ2) is 5.05. The van der Waals surface area contributed by atoms with Gasteiger partial charge in [0.05, 0.1) is 0 Å². The van der Waals surface area contributed by atoms with Crippen LogP contribution >= 0.6 is 0 Å². The molecule has 0 amide bonds. The van der Waals surface area contributed by atoms with Crippen molar-refractivity contribution in [3.63, 3.8) is 0 Å². The Morgan fingerprint density at radius 3 is 0.842 bits per heavy atom. The van der Waals surface area contributed by atoms with Crippen LogP contribution in [0.1, 0.15) is 0 Å². The molecule has 0 rings (SSSR count). The third-order valence-electron chi connectivity index (χ3n) is 2.15. The molecule has 2 unspecified atom stereocenters. The fourth-order valence-electron chi connectivity index (χ4n) is 0.977. The van der Waals surface area contributed by atoms with Crippen molar-refractivity contribution < 1.29 is 52.7 Å². The van der Waals surface area contributed by atoms with Gasteiger partial charge in [-0.3, -0.25) is 0 Å². The second-order valence-corrected chi connectivity index (χ2v) is 5.91. The smallest absolute Gasteiger partial charge is 0.232 e. The van der Waals surface area contributed by atoms with Gasteiger partial charge in [0, 0.05) is 0 Å². The van der Waals surface area contributed by atoms with Crippen LogP contribution < -0.4 is 0 Å². The van der Waals surface area contributed by atoms with E-state index in [0.29, 0.717) is 0 Å². The lowest BCUT2D eigenvalue weighted by Gasteiger charge is -2.34. The Hall–Kier alpha value is -0.623. The topological polar surface area (TPSA) is 0 Å². The van der Waals surface area contributed by atoms with Crippen LogP contribution in [0.25, 0.3) is 0 Å². The molecule has 0 aliphatic carbocycles. The molecule has 0 heterocycles. The van der Waals surface area contributed by atoms with Gasteiger partial charge in [0.25, 0.3) is 12.9 Å². The third kappa shape index (κ3) is 3.28. The Kier molecular flexibility index (Phi) is 4.89. The first-order valence-electron chi connectivity index (χ1n) is 4.17. The van der Waals surface area contributed by atoms with Gasteiger partial charge in [-0.15, -0.1) is 0 Å². The van der Waals surface area contributed by atoms with Gasteiger partial charge in [-0.25, -0.2) is 26.3 Å². The van der Waals surface area contributed by atoms with E-state index in [4.69, 9.17) is 0 Å². The third-order valence-corrected chi connectivity index (χ3v) is 4.60. The number of hydrogen-bond acceptors (Lipinski definition) is 0. The molecule has 0 spiro atoms. The van der Waals surface area contributed by atoms with Crippen molar-refractivity contribution in [3.8, 4) is 0 Å². The van der Waals surface area contributed by atoms with E-state index in [1.54, 1.807) is 0 Å². The SMILES string of the molecule is FC(F)C(F)([SiH2]C(F)(C(F)F)C(F)(F)F)C(F)(F)F. The quantitative estimate of drug-likeness (QED) is 0.548. The Labute approximate surface area is 99.1 Å². The normalized spacial score (nSPS) is 21.2. The number of alkyl halides is 12. The number of hydrogen-bond donors (Lipinski definition) is 0. The molecule has 13 heteroatoms. The first-order valence-corrected chi connectivity index (χ1v) is 5.58. The van der Waals surface area contributed by atoms with E-state index in [1.165, 1.54) is 0 Å². The largest absolute Gasteiger partial charge is 0.424 e. The standard InChI is InChI=1S/C6H4F12Si/c7-1(8)3(11,5(13,14)15)19-4(12,2(9)10)6(16,17)18/h1-2H,19H2. The zero-order valence-corrected chi connectivity index (χ0v) is 9.81. The Balaban J connectivity index is 5.69. The van der Waals surface area contributed by atoms with Crippen molar-refractivity contribution in [3.05, 3.63) is 0 Å². The van der Waals surface area contributed by atoms with Crippen LogP contribution in [-0.4, -0.2) is 45.3 Å². The fourth-order valence-corrected chi connectivity index (χ4v) is 2.43. The van der Waals surface area contributed by atoms with E-state index in [0.717, 1.165) is 0 Å². The lowest BCUT2D eigenvalue weighted by Crippen LogP contribution is -2.65. The molecule has 19 heavy (non-hydrogen) atoms. The minimum absolute atomic E-state index is 5.10. The molecule has 0 nitrogen and oxygen atoms in total. The molecule has 0 radical (unpaired) electrons. The van der Waals surface area contributed by atoms with Crippen molar-refractivity contribution in [2.24, 2.45) is 0 Å². The van der Waals surface area contributed by atoms with E-state index < -0.39 is 45.3 Å². The van der Waals surface area contributed by atoms with E-state index in [1.807, 2.05) is 0 Å². The van der Waals surface area contributed by atoms with Gasteiger partial charge in [-0.05, 0) is 0 Å². The summed E-state index contributed by atoms with van der Waals surface area (Å²) in [4.78, 5) is 0. The highest BCUT2D eigenvalue weighted by Gasteiger charge is 2.73. The van der Waals surface area contributed by atoms with Crippen LogP contribution in [-0.2, 0) is 0 Å². The highest BCUT2D eigenvalue weighted by molar-refractivity contribution is 6.44. The molecular weight excluding hydrogens is 328 g/mol. The minimum Gasteiger partial charge on any atom is -0.232 e. The summed E-state index contributed by atoms with van der Waals surface area (Å²) in [5.41, 5.74) is 0. The van der Waals surface area contributed by atoms with Gasteiger partial charge < -0.3 is 0 Å². The van der Waals surface area contributed by atoms with Gasteiger partial charge in [0.15, 0.2) is 9.52 Å². The number of halogens is 12. The maximum Gasteiger partial charge on any atom is 0.424 e. The molecular formula is C6H4F12Si. The van der Waals surface area contributed by atoms with Gasteiger partial charge in [-0.1, -0.05) is 0 Å². The molecule has 2 atom stereocenters. The first-order chi connectivity index (χ1) is 8.09. The van der Waals surface area contributed by atoms with E-state index in [9.17, 15) is 52.7 Å². The molecule has 0 saturated heterocycles. The van der Waals surface area contributed by atoms with Crippen molar-refractivity contribution in [2.45, 2.75) is 35.8 Å². The fraction of sp³-hybridized carbons (Fsp3) is 1.00. The van der Waals surface area contributed by atoms with Crippen LogP contribution in [0.3, 0.4) is 0 Å². The lowest BCUT2D eigenvalue weighted by atomic mass is 10.3. The predicted octanol–water partition coefficient (Wildman–Crippen LogP) is 3.14. The van der Waals surface area contributed by atoms with E-state index in [-0.39, 0.29) is 0 Å². The summed E-state index contributed by atoms with van der Waals surface area (Å²) < 4.78 is 145. The predicted molar refractivity (Wildman–Crippen MR) is 40.3 cm³/mol. The zero-order valence-electron chi connectivity index (χ0n) is 8.40. The maximum atomic E-state index is 12.9.